The second kappa shape index (κ2) is 6.52. The molecule has 1 aromatic carbocycles. The van der Waals surface area contributed by atoms with Gasteiger partial charge in [-0.05, 0) is 35.8 Å². The predicted molar refractivity (Wildman–Crippen MR) is 85.5 cm³/mol. The summed E-state index contributed by atoms with van der Waals surface area (Å²) in [5, 5.41) is 12.3. The number of benzene rings is 1. The van der Waals surface area contributed by atoms with Crippen LogP contribution < -0.4 is 5.32 Å². The fourth-order valence-corrected chi connectivity index (χ4v) is 3.04. The lowest BCUT2D eigenvalue weighted by molar-refractivity contribution is -0.139. The van der Waals surface area contributed by atoms with Crippen molar-refractivity contribution in [2.75, 3.05) is 5.32 Å². The van der Waals surface area contributed by atoms with Crippen LogP contribution in [0.3, 0.4) is 0 Å². The van der Waals surface area contributed by atoms with Gasteiger partial charge in [-0.3, -0.25) is 9.59 Å². The maximum atomic E-state index is 12.0. The molecule has 0 radical (unpaired) electrons. The Hall–Kier alpha value is -1.49. The fraction of sp³-hybridized carbons (Fsp3) is 0.500. The van der Waals surface area contributed by atoms with E-state index in [-0.39, 0.29) is 11.8 Å². The van der Waals surface area contributed by atoms with Crippen LogP contribution in [-0.4, -0.2) is 22.2 Å². The van der Waals surface area contributed by atoms with Crippen molar-refractivity contribution in [2.45, 2.75) is 38.2 Å². The number of carbonyl (C=O) groups excluding carboxylic acids is 1. The highest BCUT2D eigenvalue weighted by Gasteiger charge is 2.48. The van der Waals surface area contributed by atoms with Gasteiger partial charge < -0.3 is 10.4 Å². The second-order valence-electron chi connectivity index (χ2n) is 5.73. The summed E-state index contributed by atoms with van der Waals surface area (Å²) in [7, 11) is 0. The maximum Gasteiger partial charge on any atom is 0.307 e. The van der Waals surface area contributed by atoms with Crippen molar-refractivity contribution in [3.05, 3.63) is 29.3 Å². The van der Waals surface area contributed by atoms with E-state index in [0.717, 1.165) is 17.0 Å². The molecule has 0 aromatic heterocycles. The number of nitrogens with one attached hydrogen (secondary N) is 1. The molecule has 2 rings (SSSR count). The Labute approximate surface area is 129 Å². The van der Waals surface area contributed by atoms with E-state index >= 15 is 0 Å². The summed E-state index contributed by atoms with van der Waals surface area (Å²) >= 11 is 1.86. The van der Waals surface area contributed by atoms with Gasteiger partial charge in [0.2, 0.25) is 5.91 Å². The number of carboxylic acid groups (broad SMARTS) is 1. The number of carbonyl (C=O) groups is 2. The smallest absolute Gasteiger partial charge is 0.307 e. The summed E-state index contributed by atoms with van der Waals surface area (Å²) < 4.78 is 0. The molecular formula is C16H21NO3S. The highest BCUT2D eigenvalue weighted by molar-refractivity contribution is 7.99. The first-order valence-corrected chi connectivity index (χ1v) is 8.18. The van der Waals surface area contributed by atoms with Crippen molar-refractivity contribution in [2.24, 2.45) is 11.8 Å². The number of thioether (sulfide) groups is 1. The minimum atomic E-state index is -0.881. The lowest BCUT2D eigenvalue weighted by Gasteiger charge is -2.13. The summed E-state index contributed by atoms with van der Waals surface area (Å²) in [5.74, 6) is -1.04. The Balaban J connectivity index is 2.02. The lowest BCUT2D eigenvalue weighted by Crippen LogP contribution is -2.17. The van der Waals surface area contributed by atoms with Gasteiger partial charge in [-0.25, -0.2) is 0 Å². The lowest BCUT2D eigenvalue weighted by atomic mass is 10.1. The number of anilines is 1. The highest BCUT2D eigenvalue weighted by atomic mass is 32.2. The molecule has 114 valence electrons. The molecule has 2 atom stereocenters. The van der Waals surface area contributed by atoms with E-state index in [1.807, 2.05) is 30.8 Å². The van der Waals surface area contributed by atoms with Gasteiger partial charge >= 0.3 is 5.97 Å². The minimum absolute atomic E-state index is 0.181. The second-order valence-corrected chi connectivity index (χ2v) is 7.29. The standard InChI is InChI=1S/C16H21NO3S/c1-9(2)21-8-11-5-4-6-14(10(11)3)17-15(18)12-7-13(12)16(19)20/h4-6,9,12-13H,7-8H2,1-3H3,(H,17,18)(H,19,20). The summed E-state index contributed by atoms with van der Waals surface area (Å²) in [6, 6.07) is 5.87. The zero-order valence-electron chi connectivity index (χ0n) is 12.6. The Bertz CT molecular complexity index is 556. The first kappa shape index (κ1) is 15.9. The van der Waals surface area contributed by atoms with Gasteiger partial charge in [0.25, 0.3) is 0 Å². The molecule has 0 aliphatic heterocycles. The van der Waals surface area contributed by atoms with Crippen LogP contribution in [0.4, 0.5) is 5.69 Å². The fourth-order valence-electron chi connectivity index (χ4n) is 2.21. The van der Waals surface area contributed by atoms with E-state index in [1.54, 1.807) is 0 Å². The van der Waals surface area contributed by atoms with E-state index in [9.17, 15) is 9.59 Å². The molecule has 1 amide bonds. The SMILES string of the molecule is Cc1c(CSC(C)C)cccc1NC(=O)C1CC1C(=O)O. The van der Waals surface area contributed by atoms with E-state index < -0.39 is 11.9 Å². The molecule has 2 unspecified atom stereocenters. The molecule has 0 heterocycles. The first-order valence-electron chi connectivity index (χ1n) is 7.14. The third-order valence-corrected chi connectivity index (χ3v) is 4.86. The van der Waals surface area contributed by atoms with Crippen molar-refractivity contribution in [3.63, 3.8) is 0 Å². The topological polar surface area (TPSA) is 66.4 Å². The molecule has 1 aliphatic rings. The van der Waals surface area contributed by atoms with Crippen LogP contribution in [0.15, 0.2) is 18.2 Å². The third-order valence-electron chi connectivity index (χ3n) is 3.72. The van der Waals surface area contributed by atoms with Crippen LogP contribution in [0.1, 0.15) is 31.4 Å². The number of aliphatic carboxylic acids is 1. The van der Waals surface area contributed by atoms with Crippen LogP contribution in [0, 0.1) is 18.8 Å². The summed E-state index contributed by atoms with van der Waals surface area (Å²) in [4.78, 5) is 22.9. The molecular weight excluding hydrogens is 286 g/mol. The van der Waals surface area contributed by atoms with Gasteiger partial charge in [0.1, 0.15) is 0 Å². The van der Waals surface area contributed by atoms with Crippen molar-refractivity contribution in [1.82, 2.24) is 0 Å². The Morgan fingerprint density at radius 3 is 2.67 bits per heavy atom. The highest BCUT2D eigenvalue weighted by Crippen LogP contribution is 2.39. The number of hydrogen-bond donors (Lipinski definition) is 2. The number of hydrogen-bond acceptors (Lipinski definition) is 3. The van der Waals surface area contributed by atoms with Gasteiger partial charge in [0, 0.05) is 11.4 Å². The Morgan fingerprint density at radius 1 is 1.38 bits per heavy atom. The normalized spacial score (nSPS) is 20.4. The van der Waals surface area contributed by atoms with Gasteiger partial charge in [0.15, 0.2) is 0 Å². The van der Waals surface area contributed by atoms with E-state index in [2.05, 4.69) is 25.2 Å². The van der Waals surface area contributed by atoms with Gasteiger partial charge in [-0.1, -0.05) is 26.0 Å². The Morgan fingerprint density at radius 2 is 2.10 bits per heavy atom. The summed E-state index contributed by atoms with van der Waals surface area (Å²) in [5.41, 5.74) is 3.06. The molecule has 0 spiro atoms. The molecule has 1 saturated carbocycles. The monoisotopic (exact) mass is 307 g/mol. The molecule has 0 bridgehead atoms. The quantitative estimate of drug-likeness (QED) is 0.846. The first-order chi connectivity index (χ1) is 9.90. The van der Waals surface area contributed by atoms with E-state index in [0.29, 0.717) is 11.7 Å². The third kappa shape index (κ3) is 4.00. The van der Waals surface area contributed by atoms with E-state index in [4.69, 9.17) is 5.11 Å². The number of rotatable bonds is 6. The molecule has 5 heteroatoms. The van der Waals surface area contributed by atoms with Crippen LogP contribution in [0.2, 0.25) is 0 Å². The van der Waals surface area contributed by atoms with Gasteiger partial charge in [-0.2, -0.15) is 11.8 Å². The number of carboxylic acids is 1. The summed E-state index contributed by atoms with van der Waals surface area (Å²) in [6.07, 6.45) is 0.448. The maximum absolute atomic E-state index is 12.0. The van der Waals surface area contributed by atoms with E-state index in [1.165, 1.54) is 5.56 Å². The van der Waals surface area contributed by atoms with Crippen LogP contribution in [0.25, 0.3) is 0 Å². The number of amides is 1. The zero-order valence-corrected chi connectivity index (χ0v) is 13.4. The van der Waals surface area contributed by atoms with Crippen LogP contribution >= 0.6 is 11.8 Å². The molecule has 1 aliphatic carbocycles. The van der Waals surface area contributed by atoms with Gasteiger partial charge in [-0.15, -0.1) is 0 Å². The van der Waals surface area contributed by atoms with Crippen molar-refractivity contribution < 1.29 is 14.7 Å². The van der Waals surface area contributed by atoms with Crippen molar-refractivity contribution in [3.8, 4) is 0 Å². The zero-order chi connectivity index (χ0) is 15.6. The molecule has 1 aromatic rings. The predicted octanol–water partition coefficient (Wildman–Crippen LogP) is 3.30. The Kier molecular flexibility index (Phi) is 4.93. The van der Waals surface area contributed by atoms with Crippen molar-refractivity contribution in [1.29, 1.82) is 0 Å². The van der Waals surface area contributed by atoms with Crippen LogP contribution in [-0.2, 0) is 15.3 Å². The van der Waals surface area contributed by atoms with Crippen molar-refractivity contribution >= 4 is 29.3 Å². The molecule has 21 heavy (non-hydrogen) atoms. The average Bonchev–Trinajstić information content (AvgIpc) is 3.20. The van der Waals surface area contributed by atoms with Crippen LogP contribution in [0.5, 0.6) is 0 Å². The summed E-state index contributed by atoms with van der Waals surface area (Å²) in [6.45, 7) is 6.31. The van der Waals surface area contributed by atoms with Gasteiger partial charge in [0.05, 0.1) is 11.8 Å². The molecule has 4 nitrogen and oxygen atoms in total. The minimum Gasteiger partial charge on any atom is -0.481 e. The molecule has 2 N–H and O–H groups in total. The average molecular weight is 307 g/mol. The molecule has 0 saturated heterocycles. The largest absolute Gasteiger partial charge is 0.481 e. The molecule has 1 fully saturated rings.